The lowest BCUT2D eigenvalue weighted by Crippen LogP contribution is -2.29. The lowest BCUT2D eigenvalue weighted by molar-refractivity contribution is 0.498. The van der Waals surface area contributed by atoms with Crippen molar-refractivity contribution in [2.45, 2.75) is 20.3 Å². The highest BCUT2D eigenvalue weighted by Crippen LogP contribution is 2.25. The van der Waals surface area contributed by atoms with Crippen LogP contribution in [0.15, 0.2) is 39.6 Å². The maximum atomic E-state index is 14.2. The van der Waals surface area contributed by atoms with Gasteiger partial charge in [-0.25, -0.2) is 8.91 Å². The number of rotatable bonds is 2. The van der Waals surface area contributed by atoms with Gasteiger partial charge in [0.2, 0.25) is 5.43 Å². The third-order valence-electron chi connectivity index (χ3n) is 3.73. The molecule has 0 aliphatic carbocycles. The standard InChI is InChI=1S/C17H14BrFN2O2/c1-3-11-7-13(9(2)22)17(23)16-8-15(20-21(11)16)12-5-4-10(18)6-14(12)19/h4-8,22H,3H2,1-2H3. The Hall–Kier alpha value is -2.21. The molecule has 1 N–H and O–H groups in total. The van der Waals surface area contributed by atoms with Crippen molar-refractivity contribution in [3.8, 4) is 11.3 Å². The number of benzene rings is 1. The lowest BCUT2D eigenvalue weighted by Gasteiger charge is -2.02. The molecular formula is C17H14BrFN2O2. The van der Waals surface area contributed by atoms with E-state index in [4.69, 9.17) is 0 Å². The summed E-state index contributed by atoms with van der Waals surface area (Å²) in [6, 6.07) is 7.87. The zero-order valence-corrected chi connectivity index (χ0v) is 14.2. The van der Waals surface area contributed by atoms with Gasteiger partial charge in [0.05, 0.1) is 10.9 Å². The number of hydrogen-bond donors (Lipinski definition) is 1. The fraction of sp³-hybridized carbons (Fsp3) is 0.176. The molecule has 0 aliphatic rings. The normalized spacial score (nSPS) is 12.7. The first-order valence-corrected chi connectivity index (χ1v) is 7.92. The van der Waals surface area contributed by atoms with E-state index < -0.39 is 5.82 Å². The average Bonchev–Trinajstić information content (AvgIpc) is 2.92. The Bertz CT molecular complexity index is 1020. The highest BCUT2D eigenvalue weighted by Gasteiger charge is 2.14. The van der Waals surface area contributed by atoms with Crippen molar-refractivity contribution in [1.29, 1.82) is 0 Å². The van der Waals surface area contributed by atoms with E-state index in [2.05, 4.69) is 21.0 Å². The molecule has 0 atom stereocenters. The number of fused-ring (bicyclic) bond motifs is 1. The number of hydrogen-bond acceptors (Lipinski definition) is 3. The first kappa shape index (κ1) is 15.7. The Balaban J connectivity index is 2.37. The van der Waals surface area contributed by atoms with Crippen molar-refractivity contribution in [1.82, 2.24) is 9.61 Å². The third kappa shape index (κ3) is 2.63. The molecule has 3 rings (SSSR count). The summed E-state index contributed by atoms with van der Waals surface area (Å²) in [4.78, 5) is 12.5. The number of nitrogens with zero attached hydrogens (tertiary/aromatic N) is 2. The van der Waals surface area contributed by atoms with Crippen LogP contribution in [0.1, 0.15) is 19.5 Å². The molecule has 4 nitrogen and oxygen atoms in total. The van der Waals surface area contributed by atoms with Crippen molar-refractivity contribution in [3.63, 3.8) is 0 Å². The molecule has 0 saturated carbocycles. The fourth-order valence-corrected chi connectivity index (χ4v) is 2.88. The lowest BCUT2D eigenvalue weighted by atomic mass is 10.1. The molecule has 0 spiro atoms. The van der Waals surface area contributed by atoms with Gasteiger partial charge in [-0.1, -0.05) is 22.9 Å². The quantitative estimate of drug-likeness (QED) is 0.746. The number of aryl methyl sites for hydroxylation is 1. The molecule has 2 aromatic heterocycles. The second-order valence-corrected chi connectivity index (χ2v) is 6.18. The number of aliphatic hydroxyl groups is 1. The summed E-state index contributed by atoms with van der Waals surface area (Å²) < 4.78 is 16.3. The molecule has 0 aliphatic heterocycles. The van der Waals surface area contributed by atoms with E-state index in [9.17, 15) is 14.3 Å². The van der Waals surface area contributed by atoms with E-state index in [0.717, 1.165) is 5.69 Å². The van der Waals surface area contributed by atoms with Gasteiger partial charge in [0.25, 0.3) is 0 Å². The second kappa shape index (κ2) is 5.77. The van der Waals surface area contributed by atoms with Crippen LogP contribution in [0.5, 0.6) is 0 Å². The van der Waals surface area contributed by atoms with Crippen LogP contribution in [0.2, 0.25) is 0 Å². The largest absolute Gasteiger partial charge is 0.512 e. The second-order valence-electron chi connectivity index (χ2n) is 5.27. The molecule has 2 heterocycles. The van der Waals surface area contributed by atoms with Crippen LogP contribution in [0.3, 0.4) is 0 Å². The SMILES string of the molecule is CCc1cc(=C(C)O)c(=O)c2cc(-c3ccc(Br)cc3F)nn12. The first-order valence-electron chi connectivity index (χ1n) is 7.13. The molecule has 3 aromatic rings. The van der Waals surface area contributed by atoms with Gasteiger partial charge in [-0.15, -0.1) is 0 Å². The number of halogens is 2. The van der Waals surface area contributed by atoms with E-state index in [1.807, 2.05) is 6.92 Å². The van der Waals surface area contributed by atoms with Crippen LogP contribution in [0.25, 0.3) is 22.5 Å². The minimum absolute atomic E-state index is 0.0372. The van der Waals surface area contributed by atoms with Gasteiger partial charge in [0.1, 0.15) is 17.1 Å². The van der Waals surface area contributed by atoms with Crippen molar-refractivity contribution in [2.75, 3.05) is 0 Å². The Kier molecular flexibility index (Phi) is 3.93. The predicted molar refractivity (Wildman–Crippen MR) is 90.9 cm³/mol. The van der Waals surface area contributed by atoms with Gasteiger partial charge in [0.15, 0.2) is 0 Å². The van der Waals surface area contributed by atoms with E-state index in [1.54, 1.807) is 24.3 Å². The molecule has 6 heteroatoms. The molecule has 0 amide bonds. The van der Waals surface area contributed by atoms with E-state index in [0.29, 0.717) is 27.7 Å². The zero-order chi connectivity index (χ0) is 16.7. The minimum Gasteiger partial charge on any atom is -0.512 e. The maximum absolute atomic E-state index is 14.2. The number of pyridine rings is 1. The topological polar surface area (TPSA) is 54.6 Å². The van der Waals surface area contributed by atoms with Crippen LogP contribution in [0.4, 0.5) is 4.39 Å². The average molecular weight is 377 g/mol. The third-order valence-corrected chi connectivity index (χ3v) is 4.22. The van der Waals surface area contributed by atoms with Crippen LogP contribution < -0.4 is 10.6 Å². The first-order chi connectivity index (χ1) is 10.9. The molecule has 0 radical (unpaired) electrons. The van der Waals surface area contributed by atoms with Crippen molar-refractivity contribution >= 4 is 27.2 Å². The van der Waals surface area contributed by atoms with Crippen molar-refractivity contribution < 1.29 is 9.50 Å². The highest BCUT2D eigenvalue weighted by molar-refractivity contribution is 9.10. The monoisotopic (exact) mass is 376 g/mol. The summed E-state index contributed by atoms with van der Waals surface area (Å²) in [5.41, 5.74) is 1.48. The Morgan fingerprint density at radius 3 is 2.70 bits per heavy atom. The van der Waals surface area contributed by atoms with Gasteiger partial charge < -0.3 is 5.11 Å². The maximum Gasteiger partial charge on any atom is 0.214 e. The molecule has 1 aromatic carbocycles. The van der Waals surface area contributed by atoms with Crippen LogP contribution in [0, 0.1) is 5.82 Å². The van der Waals surface area contributed by atoms with Gasteiger partial charge in [-0.2, -0.15) is 5.10 Å². The van der Waals surface area contributed by atoms with E-state index >= 15 is 0 Å². The summed E-state index contributed by atoms with van der Waals surface area (Å²) in [5, 5.41) is 14.3. The van der Waals surface area contributed by atoms with Crippen LogP contribution >= 0.6 is 15.9 Å². The minimum atomic E-state index is -0.418. The Labute approximate surface area is 140 Å². The predicted octanol–water partition coefficient (Wildman–Crippen LogP) is 3.23. The molecule has 23 heavy (non-hydrogen) atoms. The van der Waals surface area contributed by atoms with Gasteiger partial charge >= 0.3 is 0 Å². The molecule has 118 valence electrons. The fourth-order valence-electron chi connectivity index (χ4n) is 2.54. The Morgan fingerprint density at radius 2 is 2.09 bits per heavy atom. The number of aliphatic hydroxyl groups excluding tert-OH is 1. The molecule has 0 unspecified atom stereocenters. The summed E-state index contributed by atoms with van der Waals surface area (Å²) in [7, 11) is 0. The summed E-state index contributed by atoms with van der Waals surface area (Å²) >= 11 is 3.22. The molecule has 0 saturated heterocycles. The summed E-state index contributed by atoms with van der Waals surface area (Å²) in [6.07, 6.45) is 0.626. The van der Waals surface area contributed by atoms with Crippen molar-refractivity contribution in [2.24, 2.45) is 0 Å². The van der Waals surface area contributed by atoms with Crippen LogP contribution in [-0.2, 0) is 6.42 Å². The summed E-state index contributed by atoms with van der Waals surface area (Å²) in [5.74, 6) is -0.455. The molecule has 0 fully saturated rings. The van der Waals surface area contributed by atoms with Crippen molar-refractivity contribution in [3.05, 3.63) is 61.8 Å². The zero-order valence-electron chi connectivity index (χ0n) is 12.6. The number of aromatic nitrogens is 2. The van der Waals surface area contributed by atoms with Gasteiger partial charge in [-0.05, 0) is 43.7 Å². The van der Waals surface area contributed by atoms with Crippen LogP contribution in [-0.4, -0.2) is 14.7 Å². The summed E-state index contributed by atoms with van der Waals surface area (Å²) in [6.45, 7) is 3.40. The highest BCUT2D eigenvalue weighted by atomic mass is 79.9. The van der Waals surface area contributed by atoms with E-state index in [-0.39, 0.29) is 16.4 Å². The van der Waals surface area contributed by atoms with Gasteiger partial charge in [0, 0.05) is 15.7 Å². The van der Waals surface area contributed by atoms with E-state index in [1.165, 1.54) is 17.5 Å². The van der Waals surface area contributed by atoms with Gasteiger partial charge in [-0.3, -0.25) is 4.79 Å². The molecular weight excluding hydrogens is 363 g/mol. The smallest absolute Gasteiger partial charge is 0.214 e. The Morgan fingerprint density at radius 1 is 1.35 bits per heavy atom. The molecule has 0 bridgehead atoms.